The minimum Gasteiger partial charge on any atom is -0.488 e. The number of hydrogen-bond acceptors (Lipinski definition) is 4. The Morgan fingerprint density at radius 3 is 2.35 bits per heavy atom. The monoisotopic (exact) mass is 586 g/mol. The number of ether oxygens (including phenoxy) is 1. The number of amides is 2. The van der Waals surface area contributed by atoms with Crippen LogP contribution in [-0.2, 0) is 22.6 Å². The number of thiocarbonyl (C=S) groups is 1. The van der Waals surface area contributed by atoms with Crippen molar-refractivity contribution < 1.29 is 18.7 Å². The summed E-state index contributed by atoms with van der Waals surface area (Å²) in [4.78, 5) is 27.1. The maximum Gasteiger partial charge on any atom is 0.270 e. The molecule has 1 aliphatic heterocycles. The van der Waals surface area contributed by atoms with Gasteiger partial charge in [-0.2, -0.15) is 0 Å². The molecule has 8 heteroatoms. The van der Waals surface area contributed by atoms with Gasteiger partial charge in [-0.3, -0.25) is 19.8 Å². The van der Waals surface area contributed by atoms with Gasteiger partial charge in [0.2, 0.25) is 0 Å². The van der Waals surface area contributed by atoms with E-state index in [1.54, 1.807) is 30.3 Å². The predicted molar refractivity (Wildman–Crippen MR) is 142 cm³/mol. The Bertz CT molecular complexity index is 1290. The van der Waals surface area contributed by atoms with Gasteiger partial charge in [0.1, 0.15) is 23.7 Å². The highest BCUT2D eigenvalue weighted by molar-refractivity contribution is 14.1. The van der Waals surface area contributed by atoms with E-state index >= 15 is 0 Å². The van der Waals surface area contributed by atoms with E-state index in [4.69, 9.17) is 17.0 Å². The van der Waals surface area contributed by atoms with Gasteiger partial charge in [0.15, 0.2) is 5.11 Å². The average Bonchev–Trinajstić information content (AvgIpc) is 2.82. The van der Waals surface area contributed by atoms with Crippen LogP contribution >= 0.6 is 34.8 Å². The minimum absolute atomic E-state index is 0.0102. The molecule has 0 bridgehead atoms. The van der Waals surface area contributed by atoms with Gasteiger partial charge in [0, 0.05) is 0 Å². The minimum atomic E-state index is -0.539. The van der Waals surface area contributed by atoms with Gasteiger partial charge in [-0.1, -0.05) is 37.3 Å². The fraction of sp³-hybridized carbons (Fsp3) is 0.115. The van der Waals surface area contributed by atoms with Crippen LogP contribution in [0.2, 0.25) is 0 Å². The Kier molecular flexibility index (Phi) is 7.38. The van der Waals surface area contributed by atoms with Gasteiger partial charge < -0.3 is 4.74 Å². The number of nitrogens with one attached hydrogen (secondary N) is 1. The Morgan fingerprint density at radius 1 is 1.03 bits per heavy atom. The van der Waals surface area contributed by atoms with E-state index in [1.807, 2.05) is 37.3 Å². The standard InChI is InChI=1S/C26H20FIN2O3S/c1-2-16-5-10-20(11-6-16)30-25(32)21(24(31)29-26(30)34)13-18-7-12-23(22(28)14-18)33-15-17-3-8-19(27)9-4-17/h3-14H,2,15H2,1H3,(H,29,31,34)/b21-13+. The van der Waals surface area contributed by atoms with Crippen molar-refractivity contribution in [3.05, 3.63) is 98.4 Å². The zero-order valence-electron chi connectivity index (χ0n) is 18.2. The molecule has 1 fully saturated rings. The summed E-state index contributed by atoms with van der Waals surface area (Å²) in [6.07, 6.45) is 2.42. The van der Waals surface area contributed by atoms with Crippen LogP contribution in [-0.4, -0.2) is 16.9 Å². The molecule has 0 spiro atoms. The Hall–Kier alpha value is -3.11. The molecule has 1 aliphatic rings. The zero-order valence-corrected chi connectivity index (χ0v) is 21.2. The molecule has 1 saturated heterocycles. The highest BCUT2D eigenvalue weighted by Gasteiger charge is 2.34. The molecule has 1 heterocycles. The summed E-state index contributed by atoms with van der Waals surface area (Å²) in [6.45, 7) is 2.34. The van der Waals surface area contributed by atoms with Gasteiger partial charge in [-0.25, -0.2) is 4.39 Å². The van der Waals surface area contributed by atoms with Gasteiger partial charge in [-0.15, -0.1) is 0 Å². The van der Waals surface area contributed by atoms with E-state index in [0.717, 1.165) is 21.1 Å². The van der Waals surface area contributed by atoms with Crippen LogP contribution in [0, 0.1) is 9.39 Å². The number of carbonyl (C=O) groups excluding carboxylic acids is 2. The van der Waals surface area contributed by atoms with Crippen LogP contribution < -0.4 is 15.0 Å². The number of aryl methyl sites for hydroxylation is 1. The van der Waals surface area contributed by atoms with Gasteiger partial charge >= 0.3 is 0 Å². The second-order valence-electron chi connectivity index (χ2n) is 7.58. The lowest BCUT2D eigenvalue weighted by Crippen LogP contribution is -2.54. The van der Waals surface area contributed by atoms with Crippen LogP contribution in [0.4, 0.5) is 10.1 Å². The van der Waals surface area contributed by atoms with Crippen molar-refractivity contribution in [3.63, 3.8) is 0 Å². The molecule has 0 radical (unpaired) electrons. The smallest absolute Gasteiger partial charge is 0.270 e. The van der Waals surface area contributed by atoms with E-state index < -0.39 is 11.8 Å². The van der Waals surface area contributed by atoms with Crippen molar-refractivity contribution in [2.24, 2.45) is 0 Å². The molecule has 3 aromatic rings. The third-order valence-corrected chi connectivity index (χ3v) is 6.41. The van der Waals surface area contributed by atoms with Crippen LogP contribution in [0.25, 0.3) is 6.08 Å². The number of anilines is 1. The van der Waals surface area contributed by atoms with Gasteiger partial charge in [-0.05, 0) is 100 Å². The van der Waals surface area contributed by atoms with Crippen LogP contribution in [0.15, 0.2) is 72.3 Å². The summed E-state index contributed by atoms with van der Waals surface area (Å²) in [5, 5.41) is 2.65. The first kappa shape index (κ1) is 24.0. The Morgan fingerprint density at radius 2 is 1.71 bits per heavy atom. The molecule has 0 unspecified atom stereocenters. The molecule has 0 atom stereocenters. The number of halogens is 2. The third kappa shape index (κ3) is 5.34. The number of carbonyl (C=O) groups is 2. The molecule has 3 aromatic carbocycles. The van der Waals surface area contributed by atoms with E-state index in [-0.39, 0.29) is 16.5 Å². The SMILES string of the molecule is CCc1ccc(N2C(=O)/C(=C/c3ccc(OCc4ccc(F)cc4)c(I)c3)C(=O)NC2=S)cc1. The molecule has 0 saturated carbocycles. The van der Waals surface area contributed by atoms with Crippen LogP contribution in [0.5, 0.6) is 5.75 Å². The summed E-state index contributed by atoms with van der Waals surface area (Å²) in [5.41, 5.74) is 3.23. The lowest BCUT2D eigenvalue weighted by atomic mass is 10.1. The van der Waals surface area contributed by atoms with Crippen molar-refractivity contribution in [2.75, 3.05) is 4.90 Å². The molecule has 0 aliphatic carbocycles. The van der Waals surface area contributed by atoms with E-state index in [1.165, 1.54) is 17.0 Å². The maximum absolute atomic E-state index is 13.2. The number of hydrogen-bond donors (Lipinski definition) is 1. The van der Waals surface area contributed by atoms with Crippen LogP contribution in [0.3, 0.4) is 0 Å². The van der Waals surface area contributed by atoms with Crippen molar-refractivity contribution >= 4 is 63.5 Å². The lowest BCUT2D eigenvalue weighted by molar-refractivity contribution is -0.122. The highest BCUT2D eigenvalue weighted by atomic mass is 127. The first-order valence-electron chi connectivity index (χ1n) is 10.5. The normalized spacial score (nSPS) is 15.0. The number of rotatable bonds is 6. The van der Waals surface area contributed by atoms with E-state index in [0.29, 0.717) is 23.6 Å². The summed E-state index contributed by atoms with van der Waals surface area (Å²) in [5.74, 6) is -0.674. The topological polar surface area (TPSA) is 58.6 Å². The lowest BCUT2D eigenvalue weighted by Gasteiger charge is -2.29. The highest BCUT2D eigenvalue weighted by Crippen LogP contribution is 2.26. The van der Waals surface area contributed by atoms with Crippen molar-refractivity contribution in [3.8, 4) is 5.75 Å². The van der Waals surface area contributed by atoms with Crippen molar-refractivity contribution in [1.82, 2.24) is 5.32 Å². The summed E-state index contributed by atoms with van der Waals surface area (Å²) in [6, 6.07) is 19.0. The summed E-state index contributed by atoms with van der Waals surface area (Å²) < 4.78 is 19.7. The molecule has 0 aromatic heterocycles. The molecule has 34 heavy (non-hydrogen) atoms. The zero-order chi connectivity index (χ0) is 24.2. The van der Waals surface area contributed by atoms with E-state index in [9.17, 15) is 14.0 Å². The molecule has 4 rings (SSSR count). The third-order valence-electron chi connectivity index (χ3n) is 5.28. The summed E-state index contributed by atoms with van der Waals surface area (Å²) in [7, 11) is 0. The maximum atomic E-state index is 13.2. The van der Waals surface area contributed by atoms with Crippen LogP contribution in [0.1, 0.15) is 23.6 Å². The van der Waals surface area contributed by atoms with Gasteiger partial charge in [0.25, 0.3) is 11.8 Å². The molecule has 172 valence electrons. The van der Waals surface area contributed by atoms with Crippen molar-refractivity contribution in [2.45, 2.75) is 20.0 Å². The summed E-state index contributed by atoms with van der Waals surface area (Å²) >= 11 is 7.39. The largest absolute Gasteiger partial charge is 0.488 e. The number of nitrogens with zero attached hydrogens (tertiary/aromatic N) is 1. The first-order valence-corrected chi connectivity index (χ1v) is 12.0. The van der Waals surface area contributed by atoms with E-state index in [2.05, 4.69) is 27.9 Å². The fourth-order valence-corrected chi connectivity index (χ4v) is 4.38. The predicted octanol–water partition coefficient (Wildman–Crippen LogP) is 5.40. The second kappa shape index (κ2) is 10.4. The quantitative estimate of drug-likeness (QED) is 0.182. The first-order chi connectivity index (χ1) is 16.4. The molecular formula is C26H20FIN2O3S. The molecule has 2 amide bonds. The molecular weight excluding hydrogens is 566 g/mol. The molecule has 1 N–H and O–H groups in total. The number of benzene rings is 3. The fourth-order valence-electron chi connectivity index (χ4n) is 3.40. The van der Waals surface area contributed by atoms with Gasteiger partial charge in [0.05, 0.1) is 9.26 Å². The Balaban J connectivity index is 1.54. The Labute approximate surface area is 215 Å². The molecule has 5 nitrogen and oxygen atoms in total. The second-order valence-corrected chi connectivity index (χ2v) is 9.13. The average molecular weight is 586 g/mol. The van der Waals surface area contributed by atoms with Crippen molar-refractivity contribution in [1.29, 1.82) is 0 Å².